The molecule has 6 heteroatoms. The summed E-state index contributed by atoms with van der Waals surface area (Å²) in [5.74, 6) is -0.271. The molecule has 3 rings (SSSR count). The Kier molecular flexibility index (Phi) is 4.69. The maximum absolute atomic E-state index is 11.8. The SMILES string of the molecule is COC(=O)c1occc1CN1CCC[C@@]2(CCCCO2)[C@H]1C#N. The molecule has 0 aromatic carbocycles. The first-order valence-corrected chi connectivity index (χ1v) is 8.12. The Hall–Kier alpha value is -1.84. The lowest BCUT2D eigenvalue weighted by molar-refractivity contribution is -0.138. The molecule has 2 aliphatic heterocycles. The van der Waals surface area contributed by atoms with Crippen molar-refractivity contribution in [2.45, 2.75) is 50.3 Å². The maximum Gasteiger partial charge on any atom is 0.374 e. The largest absolute Gasteiger partial charge is 0.463 e. The van der Waals surface area contributed by atoms with Crippen LogP contribution < -0.4 is 0 Å². The van der Waals surface area contributed by atoms with Gasteiger partial charge in [0.1, 0.15) is 6.04 Å². The van der Waals surface area contributed by atoms with E-state index < -0.39 is 5.97 Å². The molecule has 0 aliphatic carbocycles. The molecule has 0 saturated carbocycles. The van der Waals surface area contributed by atoms with E-state index in [0.29, 0.717) is 6.54 Å². The maximum atomic E-state index is 11.8. The van der Waals surface area contributed by atoms with Crippen LogP contribution >= 0.6 is 0 Å². The zero-order valence-electron chi connectivity index (χ0n) is 13.4. The number of nitrogens with zero attached hydrogens (tertiary/aromatic N) is 2. The summed E-state index contributed by atoms with van der Waals surface area (Å²) < 4.78 is 16.1. The van der Waals surface area contributed by atoms with Gasteiger partial charge in [-0.15, -0.1) is 0 Å². The highest BCUT2D eigenvalue weighted by Gasteiger charge is 2.47. The van der Waals surface area contributed by atoms with Crippen molar-refractivity contribution in [3.05, 3.63) is 23.7 Å². The Morgan fingerprint density at radius 2 is 2.30 bits per heavy atom. The van der Waals surface area contributed by atoms with Crippen molar-refractivity contribution >= 4 is 5.97 Å². The zero-order chi connectivity index (χ0) is 16.3. The van der Waals surface area contributed by atoms with Gasteiger partial charge in [-0.05, 0) is 44.7 Å². The minimum absolute atomic E-state index is 0.216. The molecule has 1 aromatic heterocycles. The predicted octanol–water partition coefficient (Wildman–Crippen LogP) is 2.49. The van der Waals surface area contributed by atoms with E-state index in [0.717, 1.165) is 50.8 Å². The highest BCUT2D eigenvalue weighted by molar-refractivity contribution is 5.87. The summed E-state index contributed by atoms with van der Waals surface area (Å²) in [6.07, 6.45) is 6.50. The minimum atomic E-state index is -0.487. The van der Waals surface area contributed by atoms with Crippen molar-refractivity contribution in [2.75, 3.05) is 20.3 Å². The monoisotopic (exact) mass is 318 g/mol. The van der Waals surface area contributed by atoms with Gasteiger partial charge in [0.05, 0.1) is 25.0 Å². The molecule has 2 aliphatic rings. The van der Waals surface area contributed by atoms with Gasteiger partial charge in [-0.2, -0.15) is 5.26 Å². The summed E-state index contributed by atoms with van der Waals surface area (Å²) in [7, 11) is 1.33. The van der Waals surface area contributed by atoms with Gasteiger partial charge in [0.2, 0.25) is 5.76 Å². The normalized spacial score (nSPS) is 28.4. The van der Waals surface area contributed by atoms with Crippen molar-refractivity contribution in [3.63, 3.8) is 0 Å². The summed E-state index contributed by atoms with van der Waals surface area (Å²) >= 11 is 0. The van der Waals surface area contributed by atoms with E-state index in [1.165, 1.54) is 13.4 Å². The lowest BCUT2D eigenvalue weighted by Crippen LogP contribution is -2.58. The van der Waals surface area contributed by atoms with Gasteiger partial charge in [-0.1, -0.05) is 0 Å². The van der Waals surface area contributed by atoms with Gasteiger partial charge in [0.15, 0.2) is 0 Å². The van der Waals surface area contributed by atoms with Crippen molar-refractivity contribution in [1.82, 2.24) is 4.90 Å². The van der Waals surface area contributed by atoms with E-state index in [1.807, 2.05) is 0 Å². The Balaban J connectivity index is 1.81. The molecular formula is C17H22N2O4. The molecule has 1 spiro atoms. The number of piperidine rings is 1. The molecule has 1 aromatic rings. The van der Waals surface area contributed by atoms with Gasteiger partial charge in [-0.3, -0.25) is 4.90 Å². The summed E-state index contributed by atoms with van der Waals surface area (Å²) in [6.45, 7) is 2.03. The third-order valence-electron chi connectivity index (χ3n) is 4.91. The van der Waals surface area contributed by atoms with E-state index in [4.69, 9.17) is 13.9 Å². The topological polar surface area (TPSA) is 75.7 Å². The van der Waals surface area contributed by atoms with E-state index in [2.05, 4.69) is 11.0 Å². The highest BCUT2D eigenvalue weighted by Crippen LogP contribution is 2.39. The molecule has 0 amide bonds. The van der Waals surface area contributed by atoms with E-state index in [9.17, 15) is 10.1 Å². The smallest absolute Gasteiger partial charge is 0.374 e. The Morgan fingerprint density at radius 1 is 1.48 bits per heavy atom. The van der Waals surface area contributed by atoms with Gasteiger partial charge in [0, 0.05) is 18.7 Å². The number of carbonyl (C=O) groups is 1. The molecule has 2 atom stereocenters. The molecule has 0 radical (unpaired) electrons. The first kappa shape index (κ1) is 16.0. The molecular weight excluding hydrogens is 296 g/mol. The molecule has 124 valence electrons. The second-order valence-electron chi connectivity index (χ2n) is 6.24. The Labute approximate surface area is 135 Å². The summed E-state index contributed by atoms with van der Waals surface area (Å²) in [5.41, 5.74) is 0.394. The first-order chi connectivity index (χ1) is 11.2. The van der Waals surface area contributed by atoms with Crippen molar-refractivity contribution < 1.29 is 18.7 Å². The van der Waals surface area contributed by atoms with Crippen LogP contribution in [0.25, 0.3) is 0 Å². The van der Waals surface area contributed by atoms with Crippen LogP contribution in [0.3, 0.4) is 0 Å². The second kappa shape index (κ2) is 6.73. The molecule has 0 bridgehead atoms. The van der Waals surface area contributed by atoms with Crippen molar-refractivity contribution in [2.24, 2.45) is 0 Å². The standard InChI is InChI=1S/C17H22N2O4/c1-21-16(20)15-13(5-10-22-15)12-19-8-4-7-17(14(19)11-18)6-2-3-9-23-17/h5,10,14H,2-4,6-9,12H2,1H3/t14-,17+/m1/s1. The lowest BCUT2D eigenvalue weighted by Gasteiger charge is -2.48. The molecule has 0 unspecified atom stereocenters. The van der Waals surface area contributed by atoms with Crippen LogP contribution in [0.15, 0.2) is 16.7 Å². The number of carbonyl (C=O) groups excluding carboxylic acids is 1. The molecule has 3 heterocycles. The van der Waals surface area contributed by atoms with Crippen LogP contribution in [-0.4, -0.2) is 42.8 Å². The molecule has 6 nitrogen and oxygen atoms in total. The average molecular weight is 318 g/mol. The molecule has 0 N–H and O–H groups in total. The number of rotatable bonds is 3. The number of ether oxygens (including phenoxy) is 2. The van der Waals surface area contributed by atoms with Crippen LogP contribution in [0.1, 0.15) is 48.2 Å². The van der Waals surface area contributed by atoms with Crippen LogP contribution in [0.4, 0.5) is 0 Å². The highest BCUT2D eigenvalue weighted by atomic mass is 16.5. The van der Waals surface area contributed by atoms with Crippen LogP contribution in [-0.2, 0) is 16.0 Å². The van der Waals surface area contributed by atoms with Gasteiger partial charge >= 0.3 is 5.97 Å². The molecule has 2 fully saturated rings. The van der Waals surface area contributed by atoms with E-state index in [1.54, 1.807) is 6.07 Å². The van der Waals surface area contributed by atoms with Crippen LogP contribution in [0.5, 0.6) is 0 Å². The number of esters is 1. The Morgan fingerprint density at radius 3 is 3.00 bits per heavy atom. The number of likely N-dealkylation sites (tertiary alicyclic amines) is 1. The fraction of sp³-hybridized carbons (Fsp3) is 0.647. The summed E-state index contributed by atoms with van der Waals surface area (Å²) in [6, 6.07) is 3.92. The number of furan rings is 1. The first-order valence-electron chi connectivity index (χ1n) is 8.12. The quantitative estimate of drug-likeness (QED) is 0.797. The van der Waals surface area contributed by atoms with E-state index in [-0.39, 0.29) is 17.4 Å². The number of methoxy groups -OCH3 is 1. The molecule has 23 heavy (non-hydrogen) atoms. The summed E-state index contributed by atoms with van der Waals surface area (Å²) in [4.78, 5) is 13.9. The fourth-order valence-electron chi connectivity index (χ4n) is 3.79. The second-order valence-corrected chi connectivity index (χ2v) is 6.24. The number of hydrogen-bond donors (Lipinski definition) is 0. The number of nitriles is 1. The van der Waals surface area contributed by atoms with Crippen LogP contribution in [0.2, 0.25) is 0 Å². The Bertz CT molecular complexity index is 592. The predicted molar refractivity (Wildman–Crippen MR) is 81.6 cm³/mol. The number of hydrogen-bond acceptors (Lipinski definition) is 6. The average Bonchev–Trinajstić information content (AvgIpc) is 3.03. The van der Waals surface area contributed by atoms with Crippen molar-refractivity contribution in [1.29, 1.82) is 5.26 Å². The zero-order valence-corrected chi connectivity index (χ0v) is 13.4. The molecule has 2 saturated heterocycles. The van der Waals surface area contributed by atoms with Crippen molar-refractivity contribution in [3.8, 4) is 6.07 Å². The van der Waals surface area contributed by atoms with Crippen LogP contribution in [0, 0.1) is 11.3 Å². The van der Waals surface area contributed by atoms with Gasteiger partial charge in [0.25, 0.3) is 0 Å². The third kappa shape index (κ3) is 2.99. The van der Waals surface area contributed by atoms with Gasteiger partial charge in [-0.25, -0.2) is 4.79 Å². The minimum Gasteiger partial charge on any atom is -0.463 e. The summed E-state index contributed by atoms with van der Waals surface area (Å²) in [5, 5.41) is 9.75. The third-order valence-corrected chi connectivity index (χ3v) is 4.91. The lowest BCUT2D eigenvalue weighted by atomic mass is 9.79. The fourth-order valence-corrected chi connectivity index (χ4v) is 3.79. The van der Waals surface area contributed by atoms with E-state index >= 15 is 0 Å². The van der Waals surface area contributed by atoms with Gasteiger partial charge < -0.3 is 13.9 Å².